The third-order valence-electron chi connectivity index (χ3n) is 2.20. The average Bonchev–Trinajstić information content (AvgIpc) is 2.53. The number of rotatable bonds is 2. The van der Waals surface area contributed by atoms with Crippen LogP contribution in [0.1, 0.15) is 19.8 Å². The number of hydrogen-bond donors (Lipinski definition) is 0. The van der Waals surface area contributed by atoms with E-state index >= 15 is 0 Å². The minimum absolute atomic E-state index is 0.482. The summed E-state index contributed by atoms with van der Waals surface area (Å²) in [5, 5.41) is 0.518. The molecule has 0 aromatic heterocycles. The van der Waals surface area contributed by atoms with Crippen molar-refractivity contribution in [3.8, 4) is 0 Å². The molecule has 13 heavy (non-hydrogen) atoms. The second-order valence-electron chi connectivity index (χ2n) is 3.38. The fourth-order valence-corrected chi connectivity index (χ4v) is 3.85. The van der Waals surface area contributed by atoms with Crippen LogP contribution in [0.15, 0.2) is 30.3 Å². The summed E-state index contributed by atoms with van der Waals surface area (Å²) in [4.78, 5) is 0. The summed E-state index contributed by atoms with van der Waals surface area (Å²) in [5.41, 5.74) is 0. The molecule has 0 bridgehead atoms. The van der Waals surface area contributed by atoms with Gasteiger partial charge in [0.05, 0.1) is 0 Å². The van der Waals surface area contributed by atoms with Gasteiger partial charge >= 0.3 is 85.4 Å². The molecule has 0 amide bonds. The molecule has 0 spiro atoms. The van der Waals surface area contributed by atoms with E-state index in [-0.39, 0.29) is 0 Å². The molecular weight excluding hydrogens is 227 g/mol. The topological polar surface area (TPSA) is 9.23 Å². The van der Waals surface area contributed by atoms with E-state index in [9.17, 15) is 0 Å². The third-order valence-corrected chi connectivity index (χ3v) is 4.62. The summed E-state index contributed by atoms with van der Waals surface area (Å²) >= 11 is 0.506. The molecule has 70 valence electrons. The maximum absolute atomic E-state index is 5.79. The minimum atomic E-state index is 0.482. The fraction of sp³-hybridized carbons (Fsp3) is 0.455. The van der Waals surface area contributed by atoms with Gasteiger partial charge < -0.3 is 0 Å². The predicted molar refractivity (Wildman–Crippen MR) is 55.4 cm³/mol. The number of hydrogen-bond acceptors (Lipinski definition) is 1. The molecule has 0 saturated carbocycles. The van der Waals surface area contributed by atoms with Gasteiger partial charge in [0.1, 0.15) is 0 Å². The maximum atomic E-state index is 5.79. The predicted octanol–water partition coefficient (Wildman–Crippen LogP) is 1.54. The van der Waals surface area contributed by atoms with Crippen LogP contribution in [-0.2, 0) is 4.74 Å². The van der Waals surface area contributed by atoms with Crippen molar-refractivity contribution in [3.63, 3.8) is 0 Å². The Labute approximate surface area is 85.6 Å². The van der Waals surface area contributed by atoms with E-state index in [2.05, 4.69) is 37.3 Å². The summed E-state index contributed by atoms with van der Waals surface area (Å²) in [6.07, 6.45) is 2.96. The monoisotopic (exact) mass is 242 g/mol. The van der Waals surface area contributed by atoms with E-state index in [1.807, 2.05) is 0 Å². The average molecular weight is 241 g/mol. The van der Waals surface area contributed by atoms with E-state index in [4.69, 9.17) is 4.74 Å². The molecule has 2 atom stereocenters. The van der Waals surface area contributed by atoms with Crippen molar-refractivity contribution in [1.29, 1.82) is 0 Å². The normalized spacial score (nSPS) is 27.8. The fourth-order valence-electron chi connectivity index (χ4n) is 1.50. The Balaban J connectivity index is 1.92. The van der Waals surface area contributed by atoms with Gasteiger partial charge in [0.15, 0.2) is 0 Å². The van der Waals surface area contributed by atoms with Crippen molar-refractivity contribution >= 4 is 19.4 Å². The van der Waals surface area contributed by atoms with Gasteiger partial charge in [0.2, 0.25) is 0 Å². The Hall–Kier alpha value is -0.301. The SMILES string of the molecule is C[C@@H]1CC[C@@H]([Se]c2ccccc2)O1. The molecule has 1 aromatic rings. The van der Waals surface area contributed by atoms with Gasteiger partial charge in [0.25, 0.3) is 0 Å². The van der Waals surface area contributed by atoms with Gasteiger partial charge in [-0.2, -0.15) is 0 Å². The van der Waals surface area contributed by atoms with Crippen LogP contribution in [0.2, 0.25) is 0 Å². The second kappa shape index (κ2) is 4.28. The zero-order valence-corrected chi connectivity index (χ0v) is 9.49. The first-order valence-corrected chi connectivity index (χ1v) is 6.56. The zero-order chi connectivity index (χ0) is 9.10. The van der Waals surface area contributed by atoms with Crippen LogP contribution in [0.3, 0.4) is 0 Å². The first kappa shape index (κ1) is 9.26. The van der Waals surface area contributed by atoms with Gasteiger partial charge in [-0.25, -0.2) is 0 Å². The van der Waals surface area contributed by atoms with Crippen LogP contribution in [0.25, 0.3) is 0 Å². The van der Waals surface area contributed by atoms with Crippen LogP contribution in [0, 0.1) is 0 Å². The molecule has 1 heterocycles. The third kappa shape index (κ3) is 2.57. The van der Waals surface area contributed by atoms with E-state index in [1.54, 1.807) is 0 Å². The molecule has 1 aliphatic heterocycles. The first-order chi connectivity index (χ1) is 6.34. The number of ether oxygens (including phenoxy) is 1. The molecule has 1 saturated heterocycles. The van der Waals surface area contributed by atoms with E-state index in [1.165, 1.54) is 17.3 Å². The molecule has 0 unspecified atom stereocenters. The number of benzene rings is 1. The van der Waals surface area contributed by atoms with E-state index in [0.717, 1.165) is 0 Å². The molecule has 0 N–H and O–H groups in total. The summed E-state index contributed by atoms with van der Waals surface area (Å²) in [5.74, 6) is 0. The van der Waals surface area contributed by atoms with Crippen molar-refractivity contribution in [2.24, 2.45) is 0 Å². The molecule has 1 fully saturated rings. The first-order valence-electron chi connectivity index (χ1n) is 4.72. The molecule has 0 radical (unpaired) electrons. The Morgan fingerprint density at radius 2 is 2.00 bits per heavy atom. The Morgan fingerprint density at radius 1 is 1.23 bits per heavy atom. The van der Waals surface area contributed by atoms with Gasteiger partial charge in [-0.1, -0.05) is 0 Å². The summed E-state index contributed by atoms with van der Waals surface area (Å²) in [7, 11) is 0. The van der Waals surface area contributed by atoms with Crippen LogP contribution in [0.5, 0.6) is 0 Å². The Bertz CT molecular complexity index is 260. The van der Waals surface area contributed by atoms with Crippen LogP contribution >= 0.6 is 0 Å². The van der Waals surface area contributed by atoms with Crippen LogP contribution in [0.4, 0.5) is 0 Å². The van der Waals surface area contributed by atoms with E-state index < -0.39 is 0 Å². The van der Waals surface area contributed by atoms with Crippen molar-refractivity contribution in [1.82, 2.24) is 0 Å². The van der Waals surface area contributed by atoms with Crippen molar-refractivity contribution in [3.05, 3.63) is 30.3 Å². The van der Waals surface area contributed by atoms with Crippen molar-refractivity contribution in [2.45, 2.75) is 30.9 Å². The van der Waals surface area contributed by atoms with E-state index in [0.29, 0.717) is 26.1 Å². The molecule has 2 heteroatoms. The Morgan fingerprint density at radius 3 is 2.62 bits per heavy atom. The van der Waals surface area contributed by atoms with Crippen LogP contribution < -0.4 is 4.46 Å². The second-order valence-corrected chi connectivity index (χ2v) is 5.97. The summed E-state index contributed by atoms with van der Waals surface area (Å²) < 4.78 is 7.25. The molecule has 1 aliphatic rings. The van der Waals surface area contributed by atoms with Crippen molar-refractivity contribution < 1.29 is 4.74 Å². The summed E-state index contributed by atoms with van der Waals surface area (Å²) in [6, 6.07) is 10.7. The molecule has 1 aromatic carbocycles. The quantitative estimate of drug-likeness (QED) is 0.714. The molecular formula is C11H14OSe. The molecule has 0 aliphatic carbocycles. The zero-order valence-electron chi connectivity index (χ0n) is 7.77. The molecule has 2 rings (SSSR count). The summed E-state index contributed by atoms with van der Waals surface area (Å²) in [6.45, 7) is 2.17. The van der Waals surface area contributed by atoms with Crippen molar-refractivity contribution in [2.75, 3.05) is 0 Å². The van der Waals surface area contributed by atoms with Gasteiger partial charge in [-0.15, -0.1) is 0 Å². The standard InChI is InChI=1S/C11H14OSe/c1-9-7-8-11(12-9)13-10-5-3-2-4-6-10/h2-6,9,11H,7-8H2,1H3/t9-,11-/m1/s1. The van der Waals surface area contributed by atoms with Gasteiger partial charge in [0, 0.05) is 0 Å². The van der Waals surface area contributed by atoms with Gasteiger partial charge in [-0.3, -0.25) is 0 Å². The van der Waals surface area contributed by atoms with Crippen LogP contribution in [-0.4, -0.2) is 26.1 Å². The Kier molecular flexibility index (Phi) is 3.05. The van der Waals surface area contributed by atoms with Gasteiger partial charge in [-0.05, 0) is 0 Å². The molecule has 1 nitrogen and oxygen atoms in total.